The number of nitrogens with zero attached hydrogens (tertiary/aromatic N) is 7. The highest BCUT2D eigenvalue weighted by Crippen LogP contribution is 2.50. The van der Waals surface area contributed by atoms with Crippen LogP contribution in [0.25, 0.3) is 20.9 Å². The number of nitro benzene ring substituents is 1. The molecule has 1 aliphatic heterocycles. The lowest BCUT2D eigenvalue weighted by molar-refractivity contribution is -0.384. The molecule has 1 aliphatic rings. The first-order valence-corrected chi connectivity index (χ1v) is 5.90. The Morgan fingerprint density at radius 2 is 1.76 bits per heavy atom. The molecule has 0 spiro atoms. The summed E-state index contributed by atoms with van der Waals surface area (Å²) in [6.07, 6.45) is 1.44. The van der Waals surface area contributed by atoms with Crippen molar-refractivity contribution in [1.29, 1.82) is 0 Å². The standard InChI is InChI=1S/C10H9N7O4/c11-15-13-8-6(17(18)19)5-7-10(9(8)14-16-12)21-4-2-1-3-20-7/h5H,1-4H2. The molecule has 0 N–H and O–H groups in total. The predicted molar refractivity (Wildman–Crippen MR) is 70.9 cm³/mol. The summed E-state index contributed by atoms with van der Waals surface area (Å²) < 4.78 is 10.8. The first-order chi connectivity index (χ1) is 10.2. The number of hydrogen-bond acceptors (Lipinski definition) is 6. The van der Waals surface area contributed by atoms with E-state index in [1.807, 2.05) is 0 Å². The minimum Gasteiger partial charge on any atom is -0.489 e. The van der Waals surface area contributed by atoms with Crippen molar-refractivity contribution in [3.05, 3.63) is 37.1 Å². The maximum absolute atomic E-state index is 11.1. The van der Waals surface area contributed by atoms with Crippen LogP contribution in [0.1, 0.15) is 12.8 Å². The molecule has 1 heterocycles. The van der Waals surface area contributed by atoms with Gasteiger partial charge in [0.1, 0.15) is 5.69 Å². The van der Waals surface area contributed by atoms with Gasteiger partial charge in [0, 0.05) is 9.82 Å². The second-order valence-electron chi connectivity index (χ2n) is 3.96. The zero-order valence-corrected chi connectivity index (χ0v) is 10.7. The van der Waals surface area contributed by atoms with Gasteiger partial charge in [-0.2, -0.15) is 0 Å². The van der Waals surface area contributed by atoms with E-state index >= 15 is 0 Å². The van der Waals surface area contributed by atoms with Gasteiger partial charge in [-0.25, -0.2) is 0 Å². The van der Waals surface area contributed by atoms with Gasteiger partial charge in [-0.3, -0.25) is 10.1 Å². The smallest absolute Gasteiger partial charge is 0.283 e. The van der Waals surface area contributed by atoms with Crippen LogP contribution in [0.4, 0.5) is 17.1 Å². The van der Waals surface area contributed by atoms with Gasteiger partial charge in [0.25, 0.3) is 5.69 Å². The first kappa shape index (κ1) is 14.3. The third-order valence-corrected chi connectivity index (χ3v) is 2.70. The summed E-state index contributed by atoms with van der Waals surface area (Å²) in [7, 11) is 0. The molecule has 0 fully saturated rings. The summed E-state index contributed by atoms with van der Waals surface area (Å²) in [6.45, 7) is 0.682. The van der Waals surface area contributed by atoms with E-state index in [1.165, 1.54) is 0 Å². The molecule has 0 amide bonds. The van der Waals surface area contributed by atoms with Gasteiger partial charge in [0.15, 0.2) is 11.5 Å². The largest absolute Gasteiger partial charge is 0.489 e. The van der Waals surface area contributed by atoms with E-state index in [9.17, 15) is 10.1 Å². The van der Waals surface area contributed by atoms with E-state index in [2.05, 4.69) is 20.1 Å². The predicted octanol–water partition coefficient (Wildman–Crippen LogP) is 4.03. The molecule has 0 aliphatic carbocycles. The molecular weight excluding hydrogens is 282 g/mol. The van der Waals surface area contributed by atoms with Crippen LogP contribution in [0.5, 0.6) is 11.5 Å². The van der Waals surface area contributed by atoms with E-state index in [0.29, 0.717) is 19.6 Å². The molecule has 11 heteroatoms. The van der Waals surface area contributed by atoms with Gasteiger partial charge in [-0.15, -0.1) is 0 Å². The van der Waals surface area contributed by atoms with Crippen LogP contribution in [0.15, 0.2) is 16.3 Å². The molecule has 0 aromatic heterocycles. The number of ether oxygens (including phenoxy) is 2. The highest BCUT2D eigenvalue weighted by Gasteiger charge is 2.26. The molecule has 2 rings (SSSR count). The van der Waals surface area contributed by atoms with Gasteiger partial charge >= 0.3 is 0 Å². The maximum Gasteiger partial charge on any atom is 0.283 e. The summed E-state index contributed by atoms with van der Waals surface area (Å²) in [5.74, 6) is 0.126. The Balaban J connectivity index is 2.78. The zero-order valence-electron chi connectivity index (χ0n) is 10.7. The van der Waals surface area contributed by atoms with Crippen LogP contribution in [0.2, 0.25) is 0 Å². The summed E-state index contributed by atoms with van der Waals surface area (Å²) in [4.78, 5) is 15.5. The summed E-state index contributed by atoms with van der Waals surface area (Å²) in [5, 5.41) is 17.7. The fourth-order valence-electron chi connectivity index (χ4n) is 1.83. The second kappa shape index (κ2) is 6.33. The SMILES string of the molecule is [N-]=[N+]=Nc1c([N+](=O)[O-])cc2c(c1N=[N+]=[N-])OCCCCO2. The molecule has 0 unspecified atom stereocenters. The summed E-state index contributed by atoms with van der Waals surface area (Å²) in [6, 6.07) is 1.10. The number of nitro groups is 1. The summed E-state index contributed by atoms with van der Waals surface area (Å²) >= 11 is 0. The normalized spacial score (nSPS) is 13.1. The van der Waals surface area contributed by atoms with Crippen molar-refractivity contribution in [2.75, 3.05) is 13.2 Å². The van der Waals surface area contributed by atoms with Crippen molar-refractivity contribution >= 4 is 17.1 Å². The topological polar surface area (TPSA) is 159 Å². The van der Waals surface area contributed by atoms with E-state index < -0.39 is 16.3 Å². The van der Waals surface area contributed by atoms with Crippen molar-refractivity contribution in [1.82, 2.24) is 0 Å². The van der Waals surface area contributed by atoms with Crippen molar-refractivity contribution in [2.24, 2.45) is 10.2 Å². The lowest BCUT2D eigenvalue weighted by Crippen LogP contribution is -2.09. The number of hydrogen-bond donors (Lipinski definition) is 0. The quantitative estimate of drug-likeness (QED) is 0.270. The van der Waals surface area contributed by atoms with Crippen molar-refractivity contribution < 1.29 is 14.4 Å². The van der Waals surface area contributed by atoms with Crippen molar-refractivity contribution in [2.45, 2.75) is 12.8 Å². The van der Waals surface area contributed by atoms with Crippen LogP contribution in [-0.4, -0.2) is 18.1 Å². The molecule has 1 aromatic carbocycles. The van der Waals surface area contributed by atoms with E-state index in [-0.39, 0.29) is 17.2 Å². The maximum atomic E-state index is 11.1. The van der Waals surface area contributed by atoms with Gasteiger partial charge < -0.3 is 9.47 Å². The second-order valence-corrected chi connectivity index (χ2v) is 3.96. The third kappa shape index (κ3) is 2.89. The molecular formula is C10H9N7O4. The Morgan fingerprint density at radius 3 is 2.38 bits per heavy atom. The Labute approximate surface area is 117 Å². The van der Waals surface area contributed by atoms with Gasteiger partial charge in [0.05, 0.1) is 29.9 Å². The van der Waals surface area contributed by atoms with Crippen molar-refractivity contribution in [3.63, 3.8) is 0 Å². The fraction of sp³-hybridized carbons (Fsp3) is 0.400. The zero-order chi connectivity index (χ0) is 15.2. The van der Waals surface area contributed by atoms with Crippen LogP contribution >= 0.6 is 0 Å². The molecule has 21 heavy (non-hydrogen) atoms. The Kier molecular flexibility index (Phi) is 4.30. The van der Waals surface area contributed by atoms with Crippen LogP contribution in [0, 0.1) is 10.1 Å². The Hall–Kier alpha value is -3.16. The van der Waals surface area contributed by atoms with E-state index in [1.54, 1.807) is 0 Å². The van der Waals surface area contributed by atoms with Crippen LogP contribution < -0.4 is 9.47 Å². The molecule has 1 aromatic rings. The minimum atomic E-state index is -0.747. The highest BCUT2D eigenvalue weighted by atomic mass is 16.6. The van der Waals surface area contributed by atoms with Crippen LogP contribution in [0.3, 0.4) is 0 Å². The number of fused-ring (bicyclic) bond motifs is 1. The molecule has 0 saturated carbocycles. The molecule has 11 nitrogen and oxygen atoms in total. The monoisotopic (exact) mass is 291 g/mol. The van der Waals surface area contributed by atoms with Gasteiger partial charge in [0.2, 0.25) is 0 Å². The Morgan fingerprint density at radius 1 is 1.14 bits per heavy atom. The lowest BCUT2D eigenvalue weighted by atomic mass is 10.2. The van der Waals surface area contributed by atoms with Gasteiger partial charge in [-0.1, -0.05) is 10.2 Å². The first-order valence-electron chi connectivity index (χ1n) is 5.90. The number of rotatable bonds is 3. The van der Waals surface area contributed by atoms with E-state index in [4.69, 9.17) is 20.5 Å². The minimum absolute atomic E-state index is 0.0421. The molecule has 0 radical (unpaired) electrons. The Bertz CT molecular complexity index is 676. The molecule has 108 valence electrons. The average Bonchev–Trinajstić information content (AvgIpc) is 2.42. The van der Waals surface area contributed by atoms with E-state index in [0.717, 1.165) is 12.5 Å². The average molecular weight is 291 g/mol. The number of benzene rings is 1. The van der Waals surface area contributed by atoms with Crippen LogP contribution in [-0.2, 0) is 0 Å². The van der Waals surface area contributed by atoms with Gasteiger partial charge in [-0.05, 0) is 23.9 Å². The van der Waals surface area contributed by atoms with Crippen molar-refractivity contribution in [3.8, 4) is 11.5 Å². The molecule has 0 bridgehead atoms. The number of azide groups is 2. The third-order valence-electron chi connectivity index (χ3n) is 2.70. The summed E-state index contributed by atoms with van der Waals surface area (Å²) in [5.41, 5.74) is 16.0. The highest BCUT2D eigenvalue weighted by molar-refractivity contribution is 5.82. The molecule has 0 atom stereocenters. The lowest BCUT2D eigenvalue weighted by Gasteiger charge is -2.18. The molecule has 0 saturated heterocycles. The fourth-order valence-corrected chi connectivity index (χ4v) is 1.83.